The van der Waals surface area contributed by atoms with Gasteiger partial charge in [-0.25, -0.2) is 9.97 Å². The summed E-state index contributed by atoms with van der Waals surface area (Å²) in [4.78, 5) is 46.6. The fourth-order valence-corrected chi connectivity index (χ4v) is 2.94. The number of esters is 3. The molecular formula is C16H19N5O7. The first-order valence-electron chi connectivity index (χ1n) is 8.34. The minimum atomic E-state index is -1.03. The highest BCUT2D eigenvalue weighted by Gasteiger charge is 2.51. The van der Waals surface area contributed by atoms with Gasteiger partial charge in [0.25, 0.3) is 0 Å². The van der Waals surface area contributed by atoms with Crippen molar-refractivity contribution >= 4 is 35.0 Å². The number of nitrogens with two attached hydrogens (primary N) is 1. The second-order valence-electron chi connectivity index (χ2n) is 6.10. The van der Waals surface area contributed by atoms with Gasteiger partial charge in [-0.3, -0.25) is 19.0 Å². The van der Waals surface area contributed by atoms with Crippen molar-refractivity contribution < 1.29 is 33.3 Å². The van der Waals surface area contributed by atoms with E-state index in [1.54, 1.807) is 0 Å². The maximum Gasteiger partial charge on any atom is 0.303 e. The molecule has 3 heterocycles. The normalized spacial score (nSPS) is 24.1. The molecular weight excluding hydrogens is 374 g/mol. The number of ether oxygens (including phenoxy) is 4. The number of carbonyl (C=O) groups is 3. The summed E-state index contributed by atoms with van der Waals surface area (Å²) in [5, 5.41) is 0. The van der Waals surface area contributed by atoms with E-state index in [4.69, 9.17) is 24.7 Å². The number of fused-ring (bicyclic) bond motifs is 1. The molecule has 1 aliphatic heterocycles. The molecule has 4 atom stereocenters. The molecule has 0 unspecified atom stereocenters. The number of carbonyl (C=O) groups excluding carboxylic acids is 3. The lowest BCUT2D eigenvalue weighted by Crippen LogP contribution is -2.40. The van der Waals surface area contributed by atoms with Crippen molar-refractivity contribution in [3.63, 3.8) is 0 Å². The Bertz CT molecular complexity index is 914. The molecule has 1 aliphatic rings. The minimum absolute atomic E-state index is 0.0179. The maximum atomic E-state index is 11.7. The third kappa shape index (κ3) is 4.01. The lowest BCUT2D eigenvalue weighted by Gasteiger charge is -2.23. The zero-order valence-electron chi connectivity index (χ0n) is 15.4. The van der Waals surface area contributed by atoms with Crippen LogP contribution in [0.25, 0.3) is 11.2 Å². The van der Waals surface area contributed by atoms with Crippen molar-refractivity contribution in [1.82, 2.24) is 19.5 Å². The Morgan fingerprint density at radius 1 is 1.11 bits per heavy atom. The molecule has 12 nitrogen and oxygen atoms in total. The van der Waals surface area contributed by atoms with Crippen LogP contribution in [0.15, 0.2) is 12.5 Å². The van der Waals surface area contributed by atoms with E-state index >= 15 is 0 Å². The predicted molar refractivity (Wildman–Crippen MR) is 91.4 cm³/mol. The van der Waals surface area contributed by atoms with Crippen LogP contribution in [0.3, 0.4) is 0 Å². The number of hydrogen-bond donors (Lipinski definition) is 1. The van der Waals surface area contributed by atoms with Crippen LogP contribution in [0.4, 0.5) is 5.95 Å². The van der Waals surface area contributed by atoms with Crippen molar-refractivity contribution in [2.24, 2.45) is 0 Å². The second-order valence-corrected chi connectivity index (χ2v) is 6.10. The number of nitrogens with zero attached hydrogens (tertiary/aromatic N) is 4. The highest BCUT2D eigenvalue weighted by Crippen LogP contribution is 2.35. The third-order valence-electron chi connectivity index (χ3n) is 3.95. The fraction of sp³-hybridized carbons (Fsp3) is 0.500. The molecule has 0 aliphatic carbocycles. The topological polar surface area (TPSA) is 158 Å². The molecule has 0 radical (unpaired) electrons. The maximum absolute atomic E-state index is 11.7. The van der Waals surface area contributed by atoms with Gasteiger partial charge in [-0.15, -0.1) is 0 Å². The molecule has 1 saturated heterocycles. The summed E-state index contributed by atoms with van der Waals surface area (Å²) in [5.74, 6) is -1.74. The Morgan fingerprint density at radius 3 is 2.43 bits per heavy atom. The van der Waals surface area contributed by atoms with Crippen LogP contribution in [0.2, 0.25) is 0 Å². The van der Waals surface area contributed by atoms with Crippen LogP contribution in [0, 0.1) is 0 Å². The average Bonchev–Trinajstić information content (AvgIpc) is 3.14. The second kappa shape index (κ2) is 7.76. The summed E-state index contributed by atoms with van der Waals surface area (Å²) in [5.41, 5.74) is 6.43. The first kappa shape index (κ1) is 19.5. The number of anilines is 1. The largest absolute Gasteiger partial charge is 0.463 e. The van der Waals surface area contributed by atoms with E-state index in [9.17, 15) is 14.4 Å². The molecule has 12 heteroatoms. The van der Waals surface area contributed by atoms with Gasteiger partial charge in [0.2, 0.25) is 5.95 Å². The quantitative estimate of drug-likeness (QED) is 0.526. The van der Waals surface area contributed by atoms with E-state index < -0.39 is 42.4 Å². The Morgan fingerprint density at radius 2 is 1.79 bits per heavy atom. The molecule has 0 bridgehead atoms. The number of rotatable bonds is 5. The number of hydrogen-bond acceptors (Lipinski definition) is 11. The zero-order chi connectivity index (χ0) is 20.4. The molecule has 28 heavy (non-hydrogen) atoms. The molecule has 2 N–H and O–H groups in total. The van der Waals surface area contributed by atoms with Gasteiger partial charge >= 0.3 is 17.9 Å². The van der Waals surface area contributed by atoms with Gasteiger partial charge in [0.15, 0.2) is 24.1 Å². The number of aromatic nitrogens is 4. The van der Waals surface area contributed by atoms with Gasteiger partial charge in [0.1, 0.15) is 18.2 Å². The molecule has 1 fully saturated rings. The molecule has 2 aromatic rings. The van der Waals surface area contributed by atoms with Crippen LogP contribution < -0.4 is 5.73 Å². The van der Waals surface area contributed by atoms with Gasteiger partial charge in [0.05, 0.1) is 12.5 Å². The van der Waals surface area contributed by atoms with Crippen molar-refractivity contribution in [1.29, 1.82) is 0 Å². The summed E-state index contributed by atoms with van der Waals surface area (Å²) in [6, 6.07) is 0. The van der Waals surface area contributed by atoms with Gasteiger partial charge in [-0.05, 0) is 0 Å². The molecule has 0 aromatic carbocycles. The molecule has 0 spiro atoms. The van der Waals surface area contributed by atoms with E-state index in [0.717, 1.165) is 0 Å². The predicted octanol–water partition coefficient (Wildman–Crippen LogP) is -0.268. The van der Waals surface area contributed by atoms with E-state index in [0.29, 0.717) is 11.2 Å². The first-order chi connectivity index (χ1) is 13.3. The summed E-state index contributed by atoms with van der Waals surface area (Å²) >= 11 is 0. The van der Waals surface area contributed by atoms with E-state index in [1.807, 2.05) is 0 Å². The number of imidazole rings is 1. The summed E-state index contributed by atoms with van der Waals surface area (Å²) in [6.07, 6.45) is -1.02. The Labute approximate surface area is 158 Å². The minimum Gasteiger partial charge on any atom is -0.463 e. The highest BCUT2D eigenvalue weighted by molar-refractivity contribution is 5.71. The van der Waals surface area contributed by atoms with Gasteiger partial charge in [0, 0.05) is 20.8 Å². The highest BCUT2D eigenvalue weighted by atomic mass is 16.7. The lowest BCUT2D eigenvalue weighted by atomic mass is 10.1. The van der Waals surface area contributed by atoms with Crippen LogP contribution in [0.1, 0.15) is 27.0 Å². The average molecular weight is 393 g/mol. The van der Waals surface area contributed by atoms with Crippen molar-refractivity contribution in [2.75, 3.05) is 12.3 Å². The molecule has 150 valence electrons. The standard InChI is InChI=1S/C16H19N5O7/c1-7(22)25-5-11-12(26-8(2)23)13(27-9(3)24)15(28-11)21-6-19-10-4-18-16(17)20-14(10)21/h4,6,11-13,15H,5H2,1-3H3,(H2,17,18,20)/t11-,12-,13-,15-/m1/s1. The Balaban J connectivity index is 2.00. The summed E-state index contributed by atoms with van der Waals surface area (Å²) < 4.78 is 23.1. The Hall–Kier alpha value is -3.28. The van der Waals surface area contributed by atoms with Crippen LogP contribution in [-0.2, 0) is 33.3 Å². The van der Waals surface area contributed by atoms with E-state index in [1.165, 1.54) is 37.9 Å². The molecule has 3 rings (SSSR count). The van der Waals surface area contributed by atoms with Crippen LogP contribution in [0.5, 0.6) is 0 Å². The lowest BCUT2D eigenvalue weighted by molar-refractivity contribution is -0.166. The SMILES string of the molecule is CC(=O)OC[C@H]1O[C@@H](n2cnc3cnc(N)nc32)[C@H](OC(C)=O)[C@@H]1OC(C)=O. The van der Waals surface area contributed by atoms with Crippen molar-refractivity contribution in [3.8, 4) is 0 Å². The third-order valence-corrected chi connectivity index (χ3v) is 3.95. The van der Waals surface area contributed by atoms with Crippen LogP contribution in [-0.4, -0.2) is 62.3 Å². The van der Waals surface area contributed by atoms with E-state index in [-0.39, 0.29) is 12.6 Å². The van der Waals surface area contributed by atoms with Gasteiger partial charge in [-0.2, -0.15) is 4.98 Å². The molecule has 0 saturated carbocycles. The zero-order valence-corrected chi connectivity index (χ0v) is 15.4. The molecule has 0 amide bonds. The number of nitrogen functional groups attached to an aromatic ring is 1. The first-order valence-corrected chi connectivity index (χ1v) is 8.34. The fourth-order valence-electron chi connectivity index (χ4n) is 2.94. The van der Waals surface area contributed by atoms with Gasteiger partial charge < -0.3 is 24.7 Å². The van der Waals surface area contributed by atoms with Gasteiger partial charge in [-0.1, -0.05) is 0 Å². The van der Waals surface area contributed by atoms with Crippen molar-refractivity contribution in [2.45, 2.75) is 45.3 Å². The molecule has 2 aromatic heterocycles. The smallest absolute Gasteiger partial charge is 0.303 e. The monoisotopic (exact) mass is 393 g/mol. The van der Waals surface area contributed by atoms with E-state index in [2.05, 4.69) is 15.0 Å². The van der Waals surface area contributed by atoms with Crippen LogP contribution >= 0.6 is 0 Å². The summed E-state index contributed by atoms with van der Waals surface area (Å²) in [6.45, 7) is 3.46. The Kier molecular flexibility index (Phi) is 5.40. The van der Waals surface area contributed by atoms with Crippen molar-refractivity contribution in [3.05, 3.63) is 12.5 Å². The summed E-state index contributed by atoms with van der Waals surface area (Å²) in [7, 11) is 0.